The molecule has 0 saturated carbocycles. The van der Waals surface area contributed by atoms with E-state index in [1.165, 1.54) is 11.1 Å². The van der Waals surface area contributed by atoms with Crippen molar-refractivity contribution >= 4 is 5.91 Å². The Bertz CT molecular complexity index is 472. The summed E-state index contributed by atoms with van der Waals surface area (Å²) in [7, 11) is 1.66. The largest absolute Gasteiger partial charge is 0.383 e. The maximum Gasteiger partial charge on any atom is 0.251 e. The minimum Gasteiger partial charge on any atom is -0.383 e. The zero-order valence-electron chi connectivity index (χ0n) is 12.5. The molecule has 0 spiro atoms. The average molecular weight is 276 g/mol. The lowest BCUT2D eigenvalue weighted by molar-refractivity contribution is 0.0866. The predicted molar refractivity (Wildman–Crippen MR) is 79.8 cm³/mol. The molecule has 1 unspecified atom stereocenters. The molecule has 4 heteroatoms. The Morgan fingerprint density at radius 3 is 2.90 bits per heavy atom. The highest BCUT2D eigenvalue weighted by Crippen LogP contribution is 2.16. The highest BCUT2D eigenvalue weighted by Gasteiger charge is 2.18. The fourth-order valence-electron chi connectivity index (χ4n) is 2.45. The number of benzene rings is 1. The molecule has 1 aromatic rings. The summed E-state index contributed by atoms with van der Waals surface area (Å²) >= 11 is 0. The highest BCUT2D eigenvalue weighted by molar-refractivity contribution is 5.94. The minimum atomic E-state index is -0.0193. The van der Waals surface area contributed by atoms with Gasteiger partial charge in [-0.25, -0.2) is 0 Å². The van der Waals surface area contributed by atoms with Crippen LogP contribution in [0.15, 0.2) is 18.2 Å². The van der Waals surface area contributed by atoms with Gasteiger partial charge >= 0.3 is 0 Å². The molecule has 1 aromatic carbocycles. The molecular weight excluding hydrogens is 252 g/mol. The van der Waals surface area contributed by atoms with Gasteiger partial charge in [0, 0.05) is 19.2 Å². The average Bonchev–Trinajstić information content (AvgIpc) is 2.46. The van der Waals surface area contributed by atoms with Gasteiger partial charge in [-0.05, 0) is 42.1 Å². The van der Waals surface area contributed by atoms with Gasteiger partial charge in [0.1, 0.15) is 0 Å². The standard InChI is InChI=1S/C16H24N2O2/c1-11(2)15(10-20-3)18-16(19)13-5-4-12-6-7-17-9-14(12)8-13/h4-5,8,11,15,17H,6-7,9-10H2,1-3H3,(H,18,19). The molecule has 4 nitrogen and oxygen atoms in total. The molecule has 0 fully saturated rings. The van der Waals surface area contributed by atoms with Crippen LogP contribution in [0.25, 0.3) is 0 Å². The van der Waals surface area contributed by atoms with Crippen LogP contribution in [0.5, 0.6) is 0 Å². The normalized spacial score (nSPS) is 15.8. The molecule has 0 saturated heterocycles. The number of hydrogen-bond acceptors (Lipinski definition) is 3. The molecule has 1 atom stereocenters. The van der Waals surface area contributed by atoms with Crippen LogP contribution in [0.1, 0.15) is 35.3 Å². The number of carbonyl (C=O) groups is 1. The Balaban J connectivity index is 2.08. The molecular formula is C16H24N2O2. The number of ether oxygens (including phenoxy) is 1. The third kappa shape index (κ3) is 3.58. The van der Waals surface area contributed by atoms with E-state index in [4.69, 9.17) is 4.74 Å². The molecule has 110 valence electrons. The first-order chi connectivity index (χ1) is 9.61. The van der Waals surface area contributed by atoms with Crippen LogP contribution in [-0.2, 0) is 17.7 Å². The van der Waals surface area contributed by atoms with Gasteiger partial charge in [-0.1, -0.05) is 19.9 Å². The molecule has 0 aliphatic carbocycles. The molecule has 2 rings (SSSR count). The number of carbonyl (C=O) groups excluding carboxylic acids is 1. The lowest BCUT2D eigenvalue weighted by Crippen LogP contribution is -2.41. The van der Waals surface area contributed by atoms with Crippen molar-refractivity contribution in [1.82, 2.24) is 10.6 Å². The van der Waals surface area contributed by atoms with E-state index in [9.17, 15) is 4.79 Å². The second-order valence-corrected chi connectivity index (χ2v) is 5.69. The Morgan fingerprint density at radius 1 is 1.40 bits per heavy atom. The van der Waals surface area contributed by atoms with Crippen molar-refractivity contribution in [3.05, 3.63) is 34.9 Å². The van der Waals surface area contributed by atoms with Gasteiger partial charge in [0.25, 0.3) is 5.91 Å². The zero-order chi connectivity index (χ0) is 14.5. The minimum absolute atomic E-state index is 0.0193. The summed E-state index contributed by atoms with van der Waals surface area (Å²) in [5.74, 6) is 0.326. The van der Waals surface area contributed by atoms with E-state index in [1.807, 2.05) is 12.1 Å². The van der Waals surface area contributed by atoms with E-state index in [2.05, 4.69) is 30.5 Å². The number of methoxy groups -OCH3 is 1. The molecule has 20 heavy (non-hydrogen) atoms. The van der Waals surface area contributed by atoms with Crippen molar-refractivity contribution in [2.75, 3.05) is 20.3 Å². The maximum atomic E-state index is 12.3. The summed E-state index contributed by atoms with van der Waals surface area (Å²) in [5.41, 5.74) is 3.31. The van der Waals surface area contributed by atoms with Crippen LogP contribution >= 0.6 is 0 Å². The summed E-state index contributed by atoms with van der Waals surface area (Å²) in [6, 6.07) is 6.04. The van der Waals surface area contributed by atoms with Crippen molar-refractivity contribution in [3.8, 4) is 0 Å². The summed E-state index contributed by atoms with van der Waals surface area (Å²) in [4.78, 5) is 12.3. The van der Waals surface area contributed by atoms with Gasteiger partial charge in [0.2, 0.25) is 0 Å². The summed E-state index contributed by atoms with van der Waals surface area (Å²) in [5, 5.41) is 6.39. The Labute approximate surface area is 120 Å². The molecule has 1 aliphatic rings. The van der Waals surface area contributed by atoms with Gasteiger partial charge in [-0.15, -0.1) is 0 Å². The number of fused-ring (bicyclic) bond motifs is 1. The number of amides is 1. The van der Waals surface area contributed by atoms with Crippen LogP contribution < -0.4 is 10.6 Å². The molecule has 1 amide bonds. The van der Waals surface area contributed by atoms with Crippen LogP contribution in [0.2, 0.25) is 0 Å². The first-order valence-electron chi connectivity index (χ1n) is 7.24. The number of hydrogen-bond donors (Lipinski definition) is 2. The van der Waals surface area contributed by atoms with Gasteiger partial charge in [0.15, 0.2) is 0 Å². The van der Waals surface area contributed by atoms with Gasteiger partial charge < -0.3 is 15.4 Å². The number of rotatable bonds is 5. The third-order valence-corrected chi connectivity index (χ3v) is 3.82. The smallest absolute Gasteiger partial charge is 0.251 e. The monoisotopic (exact) mass is 276 g/mol. The van der Waals surface area contributed by atoms with E-state index in [0.717, 1.165) is 25.1 Å². The summed E-state index contributed by atoms with van der Waals surface area (Å²) in [6.07, 6.45) is 1.04. The Hall–Kier alpha value is -1.39. The van der Waals surface area contributed by atoms with E-state index in [1.54, 1.807) is 7.11 Å². The van der Waals surface area contributed by atoms with Gasteiger partial charge in [-0.2, -0.15) is 0 Å². The van der Waals surface area contributed by atoms with Crippen molar-refractivity contribution in [2.24, 2.45) is 5.92 Å². The summed E-state index contributed by atoms with van der Waals surface area (Å²) in [6.45, 7) is 6.57. The molecule has 1 aliphatic heterocycles. The SMILES string of the molecule is COCC(NC(=O)c1ccc2c(c1)CNCC2)C(C)C. The topological polar surface area (TPSA) is 50.4 Å². The predicted octanol–water partition coefficient (Wildman–Crippen LogP) is 1.73. The van der Waals surface area contributed by atoms with Crippen molar-refractivity contribution in [2.45, 2.75) is 32.9 Å². The van der Waals surface area contributed by atoms with Crippen LogP contribution in [0, 0.1) is 5.92 Å². The summed E-state index contributed by atoms with van der Waals surface area (Å²) < 4.78 is 5.17. The fraction of sp³-hybridized carbons (Fsp3) is 0.562. The third-order valence-electron chi connectivity index (χ3n) is 3.82. The fourth-order valence-corrected chi connectivity index (χ4v) is 2.45. The van der Waals surface area contributed by atoms with E-state index >= 15 is 0 Å². The molecule has 0 aromatic heterocycles. The second-order valence-electron chi connectivity index (χ2n) is 5.69. The van der Waals surface area contributed by atoms with Crippen LogP contribution in [0.4, 0.5) is 0 Å². The second kappa shape index (κ2) is 6.86. The molecule has 1 heterocycles. The molecule has 0 radical (unpaired) electrons. The Morgan fingerprint density at radius 2 is 2.20 bits per heavy atom. The number of nitrogens with one attached hydrogen (secondary N) is 2. The molecule has 2 N–H and O–H groups in total. The van der Waals surface area contributed by atoms with Crippen molar-refractivity contribution < 1.29 is 9.53 Å². The van der Waals surface area contributed by atoms with Crippen molar-refractivity contribution in [3.63, 3.8) is 0 Å². The van der Waals surface area contributed by atoms with E-state index in [0.29, 0.717) is 12.5 Å². The quantitative estimate of drug-likeness (QED) is 0.861. The highest BCUT2D eigenvalue weighted by atomic mass is 16.5. The lowest BCUT2D eigenvalue weighted by Gasteiger charge is -2.22. The lowest BCUT2D eigenvalue weighted by atomic mass is 9.98. The zero-order valence-corrected chi connectivity index (χ0v) is 12.5. The first-order valence-corrected chi connectivity index (χ1v) is 7.24. The maximum absolute atomic E-state index is 12.3. The van der Waals surface area contributed by atoms with Crippen LogP contribution in [0.3, 0.4) is 0 Å². The van der Waals surface area contributed by atoms with Crippen molar-refractivity contribution in [1.29, 1.82) is 0 Å². The van der Waals surface area contributed by atoms with E-state index in [-0.39, 0.29) is 11.9 Å². The Kier molecular flexibility index (Phi) is 5.15. The van der Waals surface area contributed by atoms with E-state index < -0.39 is 0 Å². The van der Waals surface area contributed by atoms with Crippen LogP contribution in [-0.4, -0.2) is 32.2 Å². The van der Waals surface area contributed by atoms with Gasteiger partial charge in [0.05, 0.1) is 12.6 Å². The molecule has 0 bridgehead atoms. The first kappa shape index (κ1) is 15.0. The van der Waals surface area contributed by atoms with Gasteiger partial charge in [-0.3, -0.25) is 4.79 Å².